The van der Waals surface area contributed by atoms with Crippen LogP contribution in [-0.4, -0.2) is 14.1 Å². The minimum atomic E-state index is 0.633. The Morgan fingerprint density at radius 3 is 1.70 bits per heavy atom. The van der Waals surface area contributed by atoms with Gasteiger partial charge in [0.15, 0.2) is 0 Å². The van der Waals surface area contributed by atoms with E-state index in [2.05, 4.69) is 155 Å². The second-order valence-electron chi connectivity index (χ2n) is 12.7. The van der Waals surface area contributed by atoms with E-state index in [1.165, 1.54) is 43.7 Å². The molecule has 0 radical (unpaired) electrons. The Hall–Kier alpha value is -6.96. The minimum absolute atomic E-state index is 0.633. The van der Waals surface area contributed by atoms with Crippen molar-refractivity contribution in [3.8, 4) is 39.8 Å². The number of nitrogens with zero attached hydrogens (tertiary/aromatic N) is 4. The Morgan fingerprint density at radius 2 is 0.940 bits per heavy atom. The Bertz CT molecular complexity index is 2980. The fourth-order valence-corrected chi connectivity index (χ4v) is 7.63. The highest BCUT2D eigenvalue weighted by molar-refractivity contribution is 6.12. The summed E-state index contributed by atoms with van der Waals surface area (Å²) in [5.41, 5.74) is 12.5. The van der Waals surface area contributed by atoms with Crippen molar-refractivity contribution in [3.63, 3.8) is 0 Å². The molecule has 4 heteroatoms. The van der Waals surface area contributed by atoms with Crippen LogP contribution in [0.15, 0.2) is 170 Å². The van der Waals surface area contributed by atoms with Crippen LogP contribution in [0, 0.1) is 11.3 Å². The lowest BCUT2D eigenvalue weighted by molar-refractivity contribution is 1.18. The first kappa shape index (κ1) is 28.1. The molecule has 3 aromatic heterocycles. The third-order valence-corrected chi connectivity index (χ3v) is 9.95. The zero-order valence-corrected chi connectivity index (χ0v) is 27.0. The van der Waals surface area contributed by atoms with Crippen LogP contribution in [0.5, 0.6) is 0 Å². The van der Waals surface area contributed by atoms with Gasteiger partial charge in [0.05, 0.1) is 44.9 Å². The zero-order valence-electron chi connectivity index (χ0n) is 27.0. The number of hydrogen-bond acceptors (Lipinski definition) is 2. The van der Waals surface area contributed by atoms with Gasteiger partial charge in [-0.1, -0.05) is 103 Å². The molecule has 10 aromatic rings. The Morgan fingerprint density at radius 1 is 0.400 bits per heavy atom. The van der Waals surface area contributed by atoms with Gasteiger partial charge in [-0.05, 0) is 77.9 Å². The summed E-state index contributed by atoms with van der Waals surface area (Å²) in [5.74, 6) is 0. The van der Waals surface area contributed by atoms with Gasteiger partial charge in [0.2, 0.25) is 0 Å². The van der Waals surface area contributed by atoms with Gasteiger partial charge in [-0.2, -0.15) is 5.26 Å². The molecule has 0 amide bonds. The van der Waals surface area contributed by atoms with Crippen molar-refractivity contribution in [2.24, 2.45) is 0 Å². The summed E-state index contributed by atoms with van der Waals surface area (Å²) in [6, 6.07) is 62.1. The van der Waals surface area contributed by atoms with Crippen LogP contribution in [0.2, 0.25) is 0 Å². The van der Waals surface area contributed by atoms with E-state index in [1.807, 2.05) is 30.3 Å². The number of fused-ring (bicyclic) bond motifs is 7. The molecule has 10 rings (SSSR count). The number of benzene rings is 7. The smallest absolute Gasteiger partial charge is 0.0999 e. The van der Waals surface area contributed by atoms with Gasteiger partial charge in [0.25, 0.3) is 0 Å². The molecular formula is C46H28N4. The molecule has 0 N–H and O–H groups in total. The van der Waals surface area contributed by atoms with Gasteiger partial charge in [-0.15, -0.1) is 0 Å². The Kier molecular flexibility index (Phi) is 6.21. The van der Waals surface area contributed by atoms with E-state index in [0.29, 0.717) is 5.56 Å². The summed E-state index contributed by atoms with van der Waals surface area (Å²) in [5, 5.41) is 15.6. The molecule has 0 atom stereocenters. The van der Waals surface area contributed by atoms with Crippen LogP contribution in [-0.2, 0) is 0 Å². The normalized spacial score (nSPS) is 11.6. The van der Waals surface area contributed by atoms with Gasteiger partial charge in [0.1, 0.15) is 0 Å². The molecule has 3 heterocycles. The highest BCUT2D eigenvalue weighted by Crippen LogP contribution is 2.38. The van der Waals surface area contributed by atoms with Crippen molar-refractivity contribution in [2.45, 2.75) is 0 Å². The number of aromatic nitrogens is 3. The third kappa shape index (κ3) is 4.28. The maximum Gasteiger partial charge on any atom is 0.0999 e. The van der Waals surface area contributed by atoms with Crippen LogP contribution >= 0.6 is 0 Å². The summed E-state index contributed by atoms with van der Waals surface area (Å²) in [6.45, 7) is 0. The molecule has 232 valence electrons. The largest absolute Gasteiger partial charge is 0.309 e. The van der Waals surface area contributed by atoms with E-state index < -0.39 is 0 Å². The lowest BCUT2D eigenvalue weighted by atomic mass is 10.0. The van der Waals surface area contributed by atoms with Crippen molar-refractivity contribution < 1.29 is 0 Å². The molecule has 0 bridgehead atoms. The molecule has 0 aliphatic heterocycles. The average molecular weight is 637 g/mol. The van der Waals surface area contributed by atoms with Gasteiger partial charge in [-0.3, -0.25) is 0 Å². The number of pyridine rings is 1. The molecule has 7 aromatic carbocycles. The van der Waals surface area contributed by atoms with E-state index in [-0.39, 0.29) is 0 Å². The Labute approximate surface area is 288 Å². The topological polar surface area (TPSA) is 46.5 Å². The Balaban J connectivity index is 1.10. The van der Waals surface area contributed by atoms with Crippen molar-refractivity contribution >= 4 is 54.5 Å². The van der Waals surface area contributed by atoms with Gasteiger partial charge >= 0.3 is 0 Å². The van der Waals surface area contributed by atoms with Crippen molar-refractivity contribution in [2.75, 3.05) is 0 Å². The molecule has 0 aliphatic carbocycles. The van der Waals surface area contributed by atoms with E-state index in [9.17, 15) is 5.26 Å². The van der Waals surface area contributed by atoms with Crippen molar-refractivity contribution in [1.29, 1.82) is 5.26 Å². The summed E-state index contributed by atoms with van der Waals surface area (Å²) in [4.78, 5) is 4.88. The summed E-state index contributed by atoms with van der Waals surface area (Å²) in [6.07, 6.45) is 0. The highest BCUT2D eigenvalue weighted by Gasteiger charge is 2.16. The predicted octanol–water partition coefficient (Wildman–Crippen LogP) is 11.6. The summed E-state index contributed by atoms with van der Waals surface area (Å²) in [7, 11) is 0. The first-order valence-electron chi connectivity index (χ1n) is 16.8. The molecule has 0 fully saturated rings. The molecule has 0 spiro atoms. The van der Waals surface area contributed by atoms with Crippen molar-refractivity contribution in [1.82, 2.24) is 14.1 Å². The SMILES string of the molecule is N#Cc1cc(-c2ccc(-n3c4ccccc4c4cc(-c5ccc6c7ccccc7n(-c7ccccc7)c6c5)ccc43)cc2)nc2ccccc12. The van der Waals surface area contributed by atoms with Crippen LogP contribution in [0.4, 0.5) is 0 Å². The molecule has 0 saturated carbocycles. The molecule has 4 nitrogen and oxygen atoms in total. The minimum Gasteiger partial charge on any atom is -0.309 e. The molecule has 0 unspecified atom stereocenters. The number of para-hydroxylation sites is 4. The zero-order chi connectivity index (χ0) is 33.2. The number of hydrogen-bond donors (Lipinski definition) is 0. The molecule has 0 saturated heterocycles. The monoisotopic (exact) mass is 636 g/mol. The maximum atomic E-state index is 9.82. The molecule has 50 heavy (non-hydrogen) atoms. The highest BCUT2D eigenvalue weighted by atomic mass is 15.0. The summed E-state index contributed by atoms with van der Waals surface area (Å²) < 4.78 is 4.71. The third-order valence-electron chi connectivity index (χ3n) is 9.95. The van der Waals surface area contributed by atoms with E-state index >= 15 is 0 Å². The number of rotatable bonds is 4. The second kappa shape index (κ2) is 11.1. The van der Waals surface area contributed by atoms with Crippen LogP contribution in [0.1, 0.15) is 5.56 Å². The van der Waals surface area contributed by atoms with E-state index in [4.69, 9.17) is 4.98 Å². The van der Waals surface area contributed by atoms with Crippen LogP contribution in [0.3, 0.4) is 0 Å². The predicted molar refractivity (Wildman–Crippen MR) is 206 cm³/mol. The second-order valence-corrected chi connectivity index (χ2v) is 12.7. The number of nitriles is 1. The van der Waals surface area contributed by atoms with Crippen LogP contribution in [0.25, 0.3) is 88.3 Å². The fraction of sp³-hybridized carbons (Fsp3) is 0. The quantitative estimate of drug-likeness (QED) is 0.193. The van der Waals surface area contributed by atoms with Gasteiger partial charge in [-0.25, -0.2) is 4.98 Å². The van der Waals surface area contributed by atoms with Crippen molar-refractivity contribution in [3.05, 3.63) is 175 Å². The first-order chi connectivity index (χ1) is 24.7. The average Bonchev–Trinajstić information content (AvgIpc) is 3.70. The van der Waals surface area contributed by atoms with Crippen LogP contribution < -0.4 is 0 Å². The lowest BCUT2D eigenvalue weighted by Gasteiger charge is -2.11. The molecule has 0 aliphatic rings. The molecular weight excluding hydrogens is 609 g/mol. The maximum absolute atomic E-state index is 9.82. The standard InChI is InChI=1S/C46H28N4/c47-29-33-27-42(48-41-15-7-4-12-36(33)41)30-18-22-35(23-19-30)49-44-17-9-6-14-38(44)40-26-31(21-25-45(40)49)32-20-24-39-37-13-5-8-16-43(37)50(46(39)28-32)34-10-2-1-3-11-34/h1-28H. The van der Waals surface area contributed by atoms with E-state index in [1.54, 1.807) is 0 Å². The summed E-state index contributed by atoms with van der Waals surface area (Å²) >= 11 is 0. The fourth-order valence-electron chi connectivity index (χ4n) is 7.63. The lowest BCUT2D eigenvalue weighted by Crippen LogP contribution is -1.95. The van der Waals surface area contributed by atoms with E-state index in [0.717, 1.165) is 44.6 Å². The first-order valence-corrected chi connectivity index (χ1v) is 16.8. The van der Waals surface area contributed by atoms with Gasteiger partial charge in [0, 0.05) is 43.9 Å². The van der Waals surface area contributed by atoms with Gasteiger partial charge < -0.3 is 9.13 Å².